The third-order valence-electron chi connectivity index (χ3n) is 2.78. The third kappa shape index (κ3) is 2.41. The van der Waals surface area contributed by atoms with E-state index >= 15 is 0 Å². The molecule has 0 aliphatic rings. The van der Waals surface area contributed by atoms with Crippen LogP contribution in [0.4, 0.5) is 5.69 Å². The summed E-state index contributed by atoms with van der Waals surface area (Å²) in [5, 5.41) is 0. The molecule has 0 unspecified atom stereocenters. The molecule has 4 heteroatoms. The predicted molar refractivity (Wildman–Crippen MR) is 68.9 cm³/mol. The summed E-state index contributed by atoms with van der Waals surface area (Å²) in [4.78, 5) is 12.0. The number of nitrogens with zero attached hydrogens (tertiary/aromatic N) is 2. The Morgan fingerprint density at radius 1 is 1.18 bits per heavy atom. The molecule has 0 saturated carbocycles. The van der Waals surface area contributed by atoms with Crippen molar-refractivity contribution in [3.8, 4) is 0 Å². The fraction of sp³-hybridized carbons (Fsp3) is 0.308. The minimum Gasteiger partial charge on any atom is -0.398 e. The molecule has 0 saturated heterocycles. The van der Waals surface area contributed by atoms with E-state index in [1.54, 1.807) is 9.13 Å². The van der Waals surface area contributed by atoms with Crippen molar-refractivity contribution in [1.82, 2.24) is 9.13 Å². The number of rotatable bonds is 4. The molecule has 1 aromatic heterocycles. The standard InChI is InChI=1S/C13H17N3O/c1-2-7-15-8-9-16(13(15)17)10-11-5-3-4-6-12(11)14/h3-6,8-9H,2,7,10,14H2,1H3. The van der Waals surface area contributed by atoms with Crippen molar-refractivity contribution in [3.05, 3.63) is 52.7 Å². The second-order valence-corrected chi connectivity index (χ2v) is 4.10. The maximum atomic E-state index is 12.0. The molecule has 1 aromatic carbocycles. The molecule has 0 aliphatic heterocycles. The van der Waals surface area contributed by atoms with Crippen LogP contribution in [0.15, 0.2) is 41.5 Å². The zero-order chi connectivity index (χ0) is 12.3. The van der Waals surface area contributed by atoms with Gasteiger partial charge in [0.05, 0.1) is 6.54 Å². The summed E-state index contributed by atoms with van der Waals surface area (Å²) in [5.74, 6) is 0. The van der Waals surface area contributed by atoms with Gasteiger partial charge in [-0.2, -0.15) is 0 Å². The Balaban J connectivity index is 2.25. The highest BCUT2D eigenvalue weighted by atomic mass is 16.1. The minimum absolute atomic E-state index is 0.0232. The highest BCUT2D eigenvalue weighted by Crippen LogP contribution is 2.11. The van der Waals surface area contributed by atoms with Gasteiger partial charge in [-0.15, -0.1) is 0 Å². The molecule has 90 valence electrons. The van der Waals surface area contributed by atoms with Gasteiger partial charge in [0.15, 0.2) is 0 Å². The SMILES string of the molecule is CCCn1ccn(Cc2ccccc2N)c1=O. The number of benzene rings is 1. The number of imidazole rings is 1. The second kappa shape index (κ2) is 4.91. The average molecular weight is 231 g/mol. The van der Waals surface area contributed by atoms with Crippen LogP contribution in [0, 0.1) is 0 Å². The molecule has 2 aromatic rings. The summed E-state index contributed by atoms with van der Waals surface area (Å²) in [7, 11) is 0. The molecule has 2 N–H and O–H groups in total. The van der Waals surface area contributed by atoms with Crippen LogP contribution >= 0.6 is 0 Å². The van der Waals surface area contributed by atoms with Crippen molar-refractivity contribution in [3.63, 3.8) is 0 Å². The van der Waals surface area contributed by atoms with Crippen LogP contribution in [0.5, 0.6) is 0 Å². The van der Waals surface area contributed by atoms with Crippen LogP contribution in [-0.2, 0) is 13.1 Å². The average Bonchev–Trinajstić information content (AvgIpc) is 2.65. The van der Waals surface area contributed by atoms with Crippen LogP contribution in [-0.4, -0.2) is 9.13 Å². The molecular weight excluding hydrogens is 214 g/mol. The van der Waals surface area contributed by atoms with Crippen molar-refractivity contribution in [2.75, 3.05) is 5.73 Å². The van der Waals surface area contributed by atoms with Crippen molar-refractivity contribution in [2.45, 2.75) is 26.4 Å². The largest absolute Gasteiger partial charge is 0.398 e. The molecular formula is C13H17N3O. The van der Waals surface area contributed by atoms with Gasteiger partial charge in [-0.1, -0.05) is 25.1 Å². The minimum atomic E-state index is 0.0232. The first kappa shape index (κ1) is 11.5. The molecule has 4 nitrogen and oxygen atoms in total. The molecule has 17 heavy (non-hydrogen) atoms. The first-order chi connectivity index (χ1) is 8.22. The lowest BCUT2D eigenvalue weighted by Gasteiger charge is -2.05. The summed E-state index contributed by atoms with van der Waals surface area (Å²) in [6, 6.07) is 7.62. The topological polar surface area (TPSA) is 52.9 Å². The van der Waals surface area contributed by atoms with Crippen molar-refractivity contribution >= 4 is 5.69 Å². The molecule has 2 rings (SSSR count). The zero-order valence-corrected chi connectivity index (χ0v) is 9.97. The van der Waals surface area contributed by atoms with E-state index in [-0.39, 0.29) is 5.69 Å². The Labute approximate surface area is 100 Å². The van der Waals surface area contributed by atoms with Gasteiger partial charge in [0, 0.05) is 24.6 Å². The number of para-hydroxylation sites is 1. The summed E-state index contributed by atoms with van der Waals surface area (Å²) >= 11 is 0. The lowest BCUT2D eigenvalue weighted by molar-refractivity contribution is 0.624. The molecule has 0 aliphatic carbocycles. The van der Waals surface area contributed by atoms with Gasteiger partial charge >= 0.3 is 5.69 Å². The van der Waals surface area contributed by atoms with E-state index in [1.807, 2.05) is 36.7 Å². The highest BCUT2D eigenvalue weighted by Gasteiger charge is 2.04. The first-order valence-corrected chi connectivity index (χ1v) is 5.81. The highest BCUT2D eigenvalue weighted by molar-refractivity contribution is 5.46. The summed E-state index contributed by atoms with van der Waals surface area (Å²) in [6.45, 7) is 3.34. The number of nitrogen functional groups attached to an aromatic ring is 1. The molecule has 1 heterocycles. The van der Waals surface area contributed by atoms with Crippen LogP contribution in [0.1, 0.15) is 18.9 Å². The number of nitrogens with two attached hydrogens (primary N) is 1. The maximum absolute atomic E-state index is 12.0. The van der Waals surface area contributed by atoms with E-state index in [2.05, 4.69) is 6.92 Å². The molecule has 0 amide bonds. The quantitative estimate of drug-likeness (QED) is 0.814. The van der Waals surface area contributed by atoms with E-state index in [0.29, 0.717) is 6.54 Å². The molecule has 0 radical (unpaired) electrons. The van der Waals surface area contributed by atoms with Crippen molar-refractivity contribution in [1.29, 1.82) is 0 Å². The van der Waals surface area contributed by atoms with Crippen molar-refractivity contribution in [2.24, 2.45) is 0 Å². The fourth-order valence-electron chi connectivity index (χ4n) is 1.85. The predicted octanol–water partition coefficient (Wildman–Crippen LogP) is 1.69. The number of hydrogen-bond acceptors (Lipinski definition) is 2. The lowest BCUT2D eigenvalue weighted by atomic mass is 10.2. The summed E-state index contributed by atoms with van der Waals surface area (Å²) in [6.07, 6.45) is 4.59. The van der Waals surface area contributed by atoms with Gasteiger partial charge < -0.3 is 5.73 Å². The summed E-state index contributed by atoms with van der Waals surface area (Å²) < 4.78 is 3.40. The van der Waals surface area contributed by atoms with Gasteiger partial charge in [0.2, 0.25) is 0 Å². The van der Waals surface area contributed by atoms with E-state index in [1.165, 1.54) is 0 Å². The zero-order valence-electron chi connectivity index (χ0n) is 9.97. The first-order valence-electron chi connectivity index (χ1n) is 5.81. The number of aromatic nitrogens is 2. The number of aryl methyl sites for hydroxylation is 1. The van der Waals surface area contributed by atoms with Gasteiger partial charge in [-0.3, -0.25) is 9.13 Å². The van der Waals surface area contributed by atoms with Crippen molar-refractivity contribution < 1.29 is 0 Å². The Kier molecular flexibility index (Phi) is 3.32. The Hall–Kier alpha value is -1.97. The van der Waals surface area contributed by atoms with Crippen LogP contribution < -0.4 is 11.4 Å². The third-order valence-corrected chi connectivity index (χ3v) is 2.78. The second-order valence-electron chi connectivity index (χ2n) is 4.10. The monoisotopic (exact) mass is 231 g/mol. The normalized spacial score (nSPS) is 10.6. The van der Waals surface area contributed by atoms with Gasteiger partial charge in [-0.05, 0) is 18.1 Å². The molecule has 0 spiro atoms. The van der Waals surface area contributed by atoms with Gasteiger partial charge in [-0.25, -0.2) is 4.79 Å². The van der Waals surface area contributed by atoms with Crippen LogP contribution in [0.3, 0.4) is 0 Å². The molecule has 0 fully saturated rings. The molecule has 0 bridgehead atoms. The Morgan fingerprint density at radius 2 is 1.88 bits per heavy atom. The van der Waals surface area contributed by atoms with E-state index in [4.69, 9.17) is 5.73 Å². The maximum Gasteiger partial charge on any atom is 0.328 e. The van der Waals surface area contributed by atoms with Gasteiger partial charge in [0.1, 0.15) is 0 Å². The number of hydrogen-bond donors (Lipinski definition) is 1. The van der Waals surface area contributed by atoms with E-state index in [0.717, 1.165) is 24.2 Å². The fourth-order valence-corrected chi connectivity index (χ4v) is 1.85. The molecule has 0 atom stereocenters. The Morgan fingerprint density at radius 3 is 2.59 bits per heavy atom. The van der Waals surface area contributed by atoms with E-state index < -0.39 is 0 Å². The lowest BCUT2D eigenvalue weighted by Crippen LogP contribution is -2.24. The van der Waals surface area contributed by atoms with Crippen LogP contribution in [0.2, 0.25) is 0 Å². The summed E-state index contributed by atoms with van der Waals surface area (Å²) in [5.41, 5.74) is 7.59. The van der Waals surface area contributed by atoms with Crippen LogP contribution in [0.25, 0.3) is 0 Å². The number of anilines is 1. The van der Waals surface area contributed by atoms with Gasteiger partial charge in [0.25, 0.3) is 0 Å². The Bertz CT molecular complexity index is 554. The van der Waals surface area contributed by atoms with E-state index in [9.17, 15) is 4.79 Å². The smallest absolute Gasteiger partial charge is 0.328 e.